The van der Waals surface area contributed by atoms with E-state index < -0.39 is 4.92 Å². The third kappa shape index (κ3) is 5.28. The summed E-state index contributed by atoms with van der Waals surface area (Å²) in [6.07, 6.45) is 2.32. The van der Waals surface area contributed by atoms with E-state index in [1.807, 2.05) is 17.5 Å². The van der Waals surface area contributed by atoms with Crippen LogP contribution in [0.5, 0.6) is 0 Å². The standard InChI is InChI=1S/C12H12ClN5O2S/c13-9-3-4-11(14-6-9)16-17-12(8-18(19)20)15-7-10-2-1-5-21-10/h1-6,8,15,17H,7H2,(H,14,16)/b12-8-. The second-order valence-corrected chi connectivity index (χ2v) is 5.34. The van der Waals surface area contributed by atoms with Crippen molar-refractivity contribution in [3.63, 3.8) is 0 Å². The average Bonchev–Trinajstić information content (AvgIpc) is 2.96. The first-order chi connectivity index (χ1) is 10.1. The van der Waals surface area contributed by atoms with Crippen LogP contribution in [0.25, 0.3) is 0 Å². The molecule has 110 valence electrons. The van der Waals surface area contributed by atoms with Crippen LogP contribution < -0.4 is 16.2 Å². The van der Waals surface area contributed by atoms with Crippen LogP contribution in [0.2, 0.25) is 5.02 Å². The number of thiophene rings is 1. The predicted molar refractivity (Wildman–Crippen MR) is 82.2 cm³/mol. The molecule has 2 aromatic rings. The van der Waals surface area contributed by atoms with Crippen LogP contribution in [0.3, 0.4) is 0 Å². The first-order valence-electron chi connectivity index (χ1n) is 5.88. The van der Waals surface area contributed by atoms with Crippen molar-refractivity contribution >= 4 is 28.8 Å². The normalized spacial score (nSPS) is 11.0. The number of nitro groups is 1. The lowest BCUT2D eigenvalue weighted by atomic mass is 10.4. The van der Waals surface area contributed by atoms with Crippen molar-refractivity contribution in [2.75, 3.05) is 5.43 Å². The molecular formula is C12H12ClN5O2S. The lowest BCUT2D eigenvalue weighted by molar-refractivity contribution is -0.404. The third-order valence-electron chi connectivity index (χ3n) is 2.32. The monoisotopic (exact) mass is 325 g/mol. The minimum Gasteiger partial charge on any atom is -0.360 e. The SMILES string of the molecule is O=[N+]([O-])/C=C(/NCc1cccs1)NNc1ccc(Cl)cn1. The highest BCUT2D eigenvalue weighted by molar-refractivity contribution is 7.09. The predicted octanol–water partition coefficient (Wildman–Crippen LogP) is 2.58. The van der Waals surface area contributed by atoms with Gasteiger partial charge < -0.3 is 5.32 Å². The highest BCUT2D eigenvalue weighted by atomic mass is 35.5. The number of rotatable bonds is 7. The molecule has 0 saturated carbocycles. The van der Waals surface area contributed by atoms with Gasteiger partial charge in [-0.05, 0) is 23.6 Å². The smallest absolute Gasteiger partial charge is 0.275 e. The van der Waals surface area contributed by atoms with E-state index in [1.54, 1.807) is 23.5 Å². The van der Waals surface area contributed by atoms with Gasteiger partial charge in [-0.3, -0.25) is 21.0 Å². The van der Waals surface area contributed by atoms with Gasteiger partial charge in [-0.2, -0.15) is 0 Å². The average molecular weight is 326 g/mol. The van der Waals surface area contributed by atoms with Gasteiger partial charge >= 0.3 is 0 Å². The number of hydrazine groups is 1. The lowest BCUT2D eigenvalue weighted by Gasteiger charge is -2.12. The minimum absolute atomic E-state index is 0.227. The number of hydrogen-bond acceptors (Lipinski definition) is 7. The Morgan fingerprint density at radius 3 is 2.95 bits per heavy atom. The van der Waals surface area contributed by atoms with E-state index in [1.165, 1.54) is 6.20 Å². The summed E-state index contributed by atoms with van der Waals surface area (Å²) in [6.45, 7) is 0.486. The van der Waals surface area contributed by atoms with Gasteiger partial charge in [-0.1, -0.05) is 17.7 Å². The van der Waals surface area contributed by atoms with E-state index in [0.717, 1.165) is 11.1 Å². The molecule has 3 N–H and O–H groups in total. The molecule has 21 heavy (non-hydrogen) atoms. The topological polar surface area (TPSA) is 92.1 Å². The molecule has 0 unspecified atom stereocenters. The second kappa shape index (κ2) is 7.46. The fourth-order valence-corrected chi connectivity index (χ4v) is 2.16. The van der Waals surface area contributed by atoms with Crippen LogP contribution in [-0.4, -0.2) is 9.91 Å². The molecule has 2 heterocycles. The highest BCUT2D eigenvalue weighted by Crippen LogP contribution is 2.09. The van der Waals surface area contributed by atoms with Crippen LogP contribution in [0, 0.1) is 10.1 Å². The maximum atomic E-state index is 10.6. The number of nitrogens with zero attached hydrogens (tertiary/aromatic N) is 2. The molecule has 0 aliphatic rings. The van der Waals surface area contributed by atoms with Crippen molar-refractivity contribution < 1.29 is 4.92 Å². The molecule has 0 atom stereocenters. The van der Waals surface area contributed by atoms with Gasteiger partial charge in [0, 0.05) is 11.1 Å². The fraction of sp³-hybridized carbons (Fsp3) is 0.0833. The molecule has 2 rings (SSSR count). The van der Waals surface area contributed by atoms with Crippen molar-refractivity contribution in [2.45, 2.75) is 6.54 Å². The molecule has 2 aromatic heterocycles. The van der Waals surface area contributed by atoms with Gasteiger partial charge in [-0.25, -0.2) is 4.98 Å². The summed E-state index contributed by atoms with van der Waals surface area (Å²) in [4.78, 5) is 15.2. The molecule has 0 aromatic carbocycles. The first kappa shape index (κ1) is 15.1. The number of anilines is 1. The van der Waals surface area contributed by atoms with Gasteiger partial charge in [0.2, 0.25) is 0 Å². The minimum atomic E-state index is -0.541. The lowest BCUT2D eigenvalue weighted by Crippen LogP contribution is -2.31. The van der Waals surface area contributed by atoms with Crippen molar-refractivity contribution in [1.29, 1.82) is 0 Å². The van der Waals surface area contributed by atoms with E-state index in [2.05, 4.69) is 21.2 Å². The van der Waals surface area contributed by atoms with Gasteiger partial charge in [0.1, 0.15) is 5.82 Å². The van der Waals surface area contributed by atoms with Gasteiger partial charge in [-0.15, -0.1) is 11.3 Å². The number of nitrogens with one attached hydrogen (secondary N) is 3. The van der Waals surface area contributed by atoms with Crippen LogP contribution in [-0.2, 0) is 6.54 Å². The molecule has 0 saturated heterocycles. The molecule has 0 amide bonds. The third-order valence-corrected chi connectivity index (χ3v) is 3.42. The van der Waals surface area contributed by atoms with Crippen molar-refractivity contribution in [3.8, 4) is 0 Å². The molecule has 0 fully saturated rings. The maximum Gasteiger partial charge on any atom is 0.275 e. The molecule has 0 aliphatic heterocycles. The van der Waals surface area contributed by atoms with E-state index in [0.29, 0.717) is 17.4 Å². The maximum absolute atomic E-state index is 10.6. The zero-order chi connectivity index (χ0) is 15.1. The van der Waals surface area contributed by atoms with Crippen LogP contribution in [0.15, 0.2) is 47.9 Å². The van der Waals surface area contributed by atoms with Gasteiger partial charge in [0.05, 0.1) is 16.5 Å². The number of pyridine rings is 1. The highest BCUT2D eigenvalue weighted by Gasteiger charge is 2.03. The van der Waals surface area contributed by atoms with E-state index in [4.69, 9.17) is 11.6 Å². The van der Waals surface area contributed by atoms with Crippen LogP contribution in [0.4, 0.5) is 5.82 Å². The molecule has 0 radical (unpaired) electrons. The summed E-state index contributed by atoms with van der Waals surface area (Å²) in [5.74, 6) is 0.719. The Kier molecular flexibility index (Phi) is 5.35. The summed E-state index contributed by atoms with van der Waals surface area (Å²) >= 11 is 7.29. The summed E-state index contributed by atoms with van der Waals surface area (Å²) < 4.78 is 0. The van der Waals surface area contributed by atoms with Gasteiger partial charge in [0.15, 0.2) is 5.82 Å². The summed E-state index contributed by atoms with van der Waals surface area (Å²) in [5, 5.41) is 16.0. The van der Waals surface area contributed by atoms with E-state index >= 15 is 0 Å². The second-order valence-electron chi connectivity index (χ2n) is 3.87. The zero-order valence-corrected chi connectivity index (χ0v) is 12.3. The van der Waals surface area contributed by atoms with Crippen molar-refractivity contribution in [2.24, 2.45) is 0 Å². The molecule has 0 bridgehead atoms. The van der Waals surface area contributed by atoms with Gasteiger partial charge in [0.25, 0.3) is 6.20 Å². The first-order valence-corrected chi connectivity index (χ1v) is 7.14. The Morgan fingerprint density at radius 1 is 1.48 bits per heavy atom. The quantitative estimate of drug-likeness (QED) is 0.535. The molecular weight excluding hydrogens is 314 g/mol. The Hall–Kier alpha value is -2.32. The summed E-state index contributed by atoms with van der Waals surface area (Å²) in [5.41, 5.74) is 5.46. The van der Waals surface area contributed by atoms with Crippen LogP contribution in [0.1, 0.15) is 4.88 Å². The molecule has 0 aliphatic carbocycles. The molecule has 7 nitrogen and oxygen atoms in total. The number of aromatic nitrogens is 1. The Bertz CT molecular complexity index is 615. The number of halogens is 1. The van der Waals surface area contributed by atoms with Crippen molar-refractivity contribution in [1.82, 2.24) is 15.7 Å². The largest absolute Gasteiger partial charge is 0.360 e. The molecule has 0 spiro atoms. The Balaban J connectivity index is 1.93. The zero-order valence-electron chi connectivity index (χ0n) is 10.7. The number of hydrogen-bond donors (Lipinski definition) is 3. The van der Waals surface area contributed by atoms with E-state index in [-0.39, 0.29) is 5.82 Å². The summed E-state index contributed by atoms with van der Waals surface area (Å²) in [7, 11) is 0. The Labute approximate surface area is 129 Å². The fourth-order valence-electron chi connectivity index (χ4n) is 1.40. The Morgan fingerprint density at radius 2 is 2.33 bits per heavy atom. The van der Waals surface area contributed by atoms with Crippen LogP contribution >= 0.6 is 22.9 Å². The summed E-state index contributed by atoms with van der Waals surface area (Å²) in [6, 6.07) is 7.17. The van der Waals surface area contributed by atoms with Crippen molar-refractivity contribution in [3.05, 3.63) is 67.9 Å². The molecule has 9 heteroatoms. The van der Waals surface area contributed by atoms with E-state index in [9.17, 15) is 10.1 Å².